The van der Waals surface area contributed by atoms with E-state index in [9.17, 15) is 9.59 Å². The monoisotopic (exact) mass is 316 g/mol. The highest BCUT2D eigenvalue weighted by Gasteiger charge is 2.43. The van der Waals surface area contributed by atoms with Crippen LogP contribution < -0.4 is 5.76 Å². The molecule has 1 aliphatic heterocycles. The molecule has 1 amide bonds. The molecule has 1 aromatic heterocycles. The Kier molecular flexibility index (Phi) is 3.49. The number of hydrogen-bond donors (Lipinski definition) is 1. The largest absolute Gasteiger partial charge is 0.417 e. The number of aromatic amines is 1. The topological polar surface area (TPSA) is 75.5 Å². The molecule has 0 unspecified atom stereocenters. The minimum absolute atomic E-state index is 0.0131. The molecule has 2 heterocycles. The van der Waals surface area contributed by atoms with Gasteiger partial charge in [0.25, 0.3) is 5.91 Å². The van der Waals surface area contributed by atoms with E-state index in [0.717, 1.165) is 25.7 Å². The zero-order chi connectivity index (χ0) is 15.9. The van der Waals surface area contributed by atoms with E-state index in [1.54, 1.807) is 18.2 Å². The van der Waals surface area contributed by atoms with Crippen molar-refractivity contribution in [2.45, 2.75) is 37.6 Å². The highest BCUT2D eigenvalue weighted by atomic mass is 16.5. The molecular formula is C17H20N2O4. The fourth-order valence-corrected chi connectivity index (χ4v) is 3.92. The molecule has 1 N–H and O–H groups in total. The van der Waals surface area contributed by atoms with Gasteiger partial charge in [0.05, 0.1) is 24.3 Å². The van der Waals surface area contributed by atoms with Crippen LogP contribution >= 0.6 is 0 Å². The molecule has 6 nitrogen and oxygen atoms in total. The number of amides is 1. The molecule has 1 spiro atoms. The van der Waals surface area contributed by atoms with E-state index in [4.69, 9.17) is 9.15 Å². The molecule has 23 heavy (non-hydrogen) atoms. The SMILES string of the molecule is O=C(c1ccc2oc(=O)[nH]c2c1)N1CCOCC12CCCCC2. The van der Waals surface area contributed by atoms with Gasteiger partial charge in [-0.15, -0.1) is 0 Å². The van der Waals surface area contributed by atoms with Crippen molar-refractivity contribution in [1.82, 2.24) is 9.88 Å². The van der Waals surface area contributed by atoms with Crippen molar-refractivity contribution in [3.8, 4) is 0 Å². The van der Waals surface area contributed by atoms with E-state index in [2.05, 4.69) is 4.98 Å². The smallest absolute Gasteiger partial charge is 0.408 e. The van der Waals surface area contributed by atoms with Crippen molar-refractivity contribution in [2.24, 2.45) is 0 Å². The number of aromatic nitrogens is 1. The van der Waals surface area contributed by atoms with Crippen molar-refractivity contribution in [1.29, 1.82) is 0 Å². The van der Waals surface area contributed by atoms with Gasteiger partial charge in [-0.1, -0.05) is 19.3 Å². The molecule has 122 valence electrons. The Balaban J connectivity index is 1.68. The Labute approximate surface area is 133 Å². The van der Waals surface area contributed by atoms with Gasteiger partial charge in [0.15, 0.2) is 5.58 Å². The molecule has 2 aromatic rings. The first-order valence-corrected chi connectivity index (χ1v) is 8.21. The van der Waals surface area contributed by atoms with Gasteiger partial charge in [-0.3, -0.25) is 9.78 Å². The second-order valence-electron chi connectivity index (χ2n) is 6.52. The zero-order valence-electron chi connectivity index (χ0n) is 13.0. The maximum atomic E-state index is 13.1. The number of rotatable bonds is 1. The highest BCUT2D eigenvalue weighted by molar-refractivity contribution is 5.97. The summed E-state index contributed by atoms with van der Waals surface area (Å²) >= 11 is 0. The van der Waals surface area contributed by atoms with Crippen LogP contribution in [0.25, 0.3) is 11.1 Å². The van der Waals surface area contributed by atoms with Crippen LogP contribution in [0.4, 0.5) is 0 Å². The van der Waals surface area contributed by atoms with E-state index in [-0.39, 0.29) is 11.4 Å². The van der Waals surface area contributed by atoms with E-state index in [1.165, 1.54) is 6.42 Å². The fourth-order valence-electron chi connectivity index (χ4n) is 3.92. The van der Waals surface area contributed by atoms with Crippen molar-refractivity contribution in [3.63, 3.8) is 0 Å². The first-order chi connectivity index (χ1) is 11.2. The predicted molar refractivity (Wildman–Crippen MR) is 84.5 cm³/mol. The highest BCUT2D eigenvalue weighted by Crippen LogP contribution is 2.36. The summed E-state index contributed by atoms with van der Waals surface area (Å²) in [7, 11) is 0. The van der Waals surface area contributed by atoms with E-state index >= 15 is 0 Å². The Morgan fingerprint density at radius 2 is 2.04 bits per heavy atom. The minimum atomic E-state index is -0.500. The van der Waals surface area contributed by atoms with Crippen molar-refractivity contribution in [2.75, 3.05) is 19.8 Å². The number of fused-ring (bicyclic) bond motifs is 1. The summed E-state index contributed by atoms with van der Waals surface area (Å²) in [4.78, 5) is 29.0. The zero-order valence-corrected chi connectivity index (χ0v) is 13.0. The lowest BCUT2D eigenvalue weighted by atomic mass is 9.79. The maximum Gasteiger partial charge on any atom is 0.417 e. The summed E-state index contributed by atoms with van der Waals surface area (Å²) in [5, 5.41) is 0. The Morgan fingerprint density at radius 3 is 2.87 bits per heavy atom. The van der Waals surface area contributed by atoms with Gasteiger partial charge >= 0.3 is 5.76 Å². The first-order valence-electron chi connectivity index (χ1n) is 8.21. The Bertz CT molecular complexity index is 777. The number of carbonyl (C=O) groups excluding carboxylic acids is 1. The second-order valence-corrected chi connectivity index (χ2v) is 6.52. The average Bonchev–Trinajstić information content (AvgIpc) is 2.94. The van der Waals surface area contributed by atoms with Crippen LogP contribution in [-0.4, -0.2) is 41.1 Å². The molecule has 6 heteroatoms. The maximum absolute atomic E-state index is 13.1. The van der Waals surface area contributed by atoms with Crippen LogP contribution in [0.2, 0.25) is 0 Å². The van der Waals surface area contributed by atoms with Crippen LogP contribution in [0.15, 0.2) is 27.4 Å². The van der Waals surface area contributed by atoms with Gasteiger partial charge in [-0.05, 0) is 31.0 Å². The van der Waals surface area contributed by atoms with Gasteiger partial charge < -0.3 is 14.1 Å². The summed E-state index contributed by atoms with van der Waals surface area (Å²) < 4.78 is 10.7. The minimum Gasteiger partial charge on any atom is -0.408 e. The number of hydrogen-bond acceptors (Lipinski definition) is 4. The summed E-state index contributed by atoms with van der Waals surface area (Å²) in [5.41, 5.74) is 1.46. The Morgan fingerprint density at radius 1 is 1.22 bits per heavy atom. The van der Waals surface area contributed by atoms with E-state index < -0.39 is 5.76 Å². The van der Waals surface area contributed by atoms with Crippen LogP contribution in [-0.2, 0) is 4.74 Å². The number of ether oxygens (including phenoxy) is 1. The molecule has 2 aliphatic rings. The second kappa shape index (κ2) is 5.53. The number of morpholine rings is 1. The van der Waals surface area contributed by atoms with Gasteiger partial charge in [0, 0.05) is 12.1 Å². The van der Waals surface area contributed by atoms with Crippen molar-refractivity contribution >= 4 is 17.0 Å². The molecule has 0 bridgehead atoms. The summed E-state index contributed by atoms with van der Waals surface area (Å²) in [5.74, 6) is -0.487. The molecule has 0 atom stereocenters. The Hall–Kier alpha value is -2.08. The molecule has 4 rings (SSSR count). The summed E-state index contributed by atoms with van der Waals surface area (Å²) in [6, 6.07) is 5.11. The third kappa shape index (κ3) is 2.47. The van der Waals surface area contributed by atoms with Crippen LogP contribution in [0.1, 0.15) is 42.5 Å². The van der Waals surface area contributed by atoms with Gasteiger partial charge in [-0.2, -0.15) is 0 Å². The lowest BCUT2D eigenvalue weighted by molar-refractivity contribution is -0.0682. The summed E-state index contributed by atoms with van der Waals surface area (Å²) in [6.45, 7) is 1.83. The fraction of sp³-hybridized carbons (Fsp3) is 0.529. The van der Waals surface area contributed by atoms with Crippen molar-refractivity contribution in [3.05, 3.63) is 34.3 Å². The molecule has 2 fully saturated rings. The van der Waals surface area contributed by atoms with Gasteiger partial charge in [0.1, 0.15) is 0 Å². The normalized spacial score (nSPS) is 21.0. The van der Waals surface area contributed by atoms with Gasteiger partial charge in [-0.25, -0.2) is 4.79 Å². The average molecular weight is 316 g/mol. The van der Waals surface area contributed by atoms with Crippen LogP contribution in [0.5, 0.6) is 0 Å². The van der Waals surface area contributed by atoms with Gasteiger partial charge in [0.2, 0.25) is 0 Å². The third-order valence-electron chi connectivity index (χ3n) is 5.10. The third-order valence-corrected chi connectivity index (χ3v) is 5.10. The number of oxazole rings is 1. The lowest BCUT2D eigenvalue weighted by Crippen LogP contribution is -2.59. The summed E-state index contributed by atoms with van der Waals surface area (Å²) in [6.07, 6.45) is 5.52. The number of H-pyrrole nitrogens is 1. The molecule has 1 aromatic carbocycles. The number of carbonyl (C=O) groups is 1. The number of nitrogens with zero attached hydrogens (tertiary/aromatic N) is 1. The quantitative estimate of drug-likeness (QED) is 0.876. The van der Waals surface area contributed by atoms with Crippen molar-refractivity contribution < 1.29 is 13.9 Å². The molecular weight excluding hydrogens is 296 g/mol. The first kappa shape index (κ1) is 14.5. The van der Waals surface area contributed by atoms with E-state index in [0.29, 0.717) is 36.4 Å². The lowest BCUT2D eigenvalue weighted by Gasteiger charge is -2.49. The molecule has 0 radical (unpaired) electrons. The predicted octanol–water partition coefficient (Wildman–Crippen LogP) is 2.30. The van der Waals surface area contributed by atoms with Crippen LogP contribution in [0.3, 0.4) is 0 Å². The molecule has 1 saturated carbocycles. The number of nitrogens with one attached hydrogen (secondary N) is 1. The molecule has 1 saturated heterocycles. The number of benzene rings is 1. The van der Waals surface area contributed by atoms with E-state index in [1.807, 2.05) is 4.90 Å². The molecule has 1 aliphatic carbocycles. The van der Waals surface area contributed by atoms with Crippen LogP contribution in [0, 0.1) is 0 Å². The standard InChI is InChI=1S/C17H20N2O4/c20-15(12-4-5-14-13(10-12)18-16(21)23-14)19-8-9-22-11-17(19)6-2-1-3-7-17/h4-5,10H,1-3,6-9,11H2,(H,18,21).